The van der Waals surface area contributed by atoms with Crippen LogP contribution in [0.25, 0.3) is 5.69 Å². The number of nitrogens with zero attached hydrogens (tertiary/aromatic N) is 5. The van der Waals surface area contributed by atoms with Crippen molar-refractivity contribution in [1.82, 2.24) is 15.0 Å². The first-order valence-corrected chi connectivity index (χ1v) is 8.42. The third kappa shape index (κ3) is 2.86. The molecular weight excluding hydrogens is 342 g/mol. The topological polar surface area (TPSA) is 57.7 Å². The Bertz CT molecular complexity index is 686. The minimum atomic E-state index is 0.406. The molecule has 6 heteroatoms. The number of benzene rings is 1. The van der Waals surface area contributed by atoms with Gasteiger partial charge in [-0.05, 0) is 49.9 Å². The van der Waals surface area contributed by atoms with Crippen LogP contribution in [-0.2, 0) is 0 Å². The Labute approximate surface area is 138 Å². The lowest BCUT2D eigenvalue weighted by Crippen LogP contribution is -2.39. The van der Waals surface area contributed by atoms with Gasteiger partial charge < -0.3 is 4.90 Å². The van der Waals surface area contributed by atoms with Crippen molar-refractivity contribution < 1.29 is 0 Å². The Kier molecular flexibility index (Phi) is 4.44. The molecule has 1 aromatic carbocycles. The summed E-state index contributed by atoms with van der Waals surface area (Å²) in [7, 11) is 0. The predicted octanol–water partition coefficient (Wildman–Crippen LogP) is 3.67. The van der Waals surface area contributed by atoms with Crippen LogP contribution in [0.4, 0.5) is 5.82 Å². The summed E-state index contributed by atoms with van der Waals surface area (Å²) in [6.45, 7) is 3.14. The fraction of sp³-hybridized carbons (Fsp3) is 0.438. The minimum absolute atomic E-state index is 0.406. The second-order valence-corrected chi connectivity index (χ2v) is 6.42. The van der Waals surface area contributed by atoms with Crippen LogP contribution < -0.4 is 4.90 Å². The lowest BCUT2D eigenvalue weighted by molar-refractivity contribution is 0.446. The molecule has 1 atom stereocenters. The van der Waals surface area contributed by atoms with E-state index in [1.807, 2.05) is 24.3 Å². The monoisotopic (exact) mass is 359 g/mol. The molecule has 1 aliphatic heterocycles. The third-order valence-corrected chi connectivity index (χ3v) is 4.66. The molecule has 0 N–H and O–H groups in total. The van der Waals surface area contributed by atoms with Crippen molar-refractivity contribution in [2.75, 3.05) is 11.4 Å². The number of aromatic nitrogens is 3. The first-order valence-electron chi connectivity index (χ1n) is 7.63. The van der Waals surface area contributed by atoms with Gasteiger partial charge in [0.2, 0.25) is 5.69 Å². The Hall–Kier alpha value is -1.87. The van der Waals surface area contributed by atoms with E-state index < -0.39 is 0 Å². The van der Waals surface area contributed by atoms with E-state index in [9.17, 15) is 5.26 Å². The van der Waals surface area contributed by atoms with Gasteiger partial charge in [0.25, 0.3) is 0 Å². The van der Waals surface area contributed by atoms with Gasteiger partial charge in [0.1, 0.15) is 6.07 Å². The van der Waals surface area contributed by atoms with E-state index in [4.69, 9.17) is 0 Å². The maximum atomic E-state index is 9.41. The Morgan fingerprint density at radius 2 is 2.05 bits per heavy atom. The molecular formula is C16H18BrN5. The molecule has 1 aromatic heterocycles. The van der Waals surface area contributed by atoms with Crippen LogP contribution in [0.5, 0.6) is 0 Å². The van der Waals surface area contributed by atoms with Gasteiger partial charge in [-0.1, -0.05) is 22.9 Å². The summed E-state index contributed by atoms with van der Waals surface area (Å²) in [6.07, 6.45) is 4.62. The molecule has 2 heterocycles. The molecule has 1 fully saturated rings. The average Bonchev–Trinajstić information content (AvgIpc) is 2.99. The molecule has 0 unspecified atom stereocenters. The first-order chi connectivity index (χ1) is 10.7. The fourth-order valence-corrected chi connectivity index (χ4v) is 3.22. The van der Waals surface area contributed by atoms with Crippen molar-refractivity contribution in [2.45, 2.75) is 38.6 Å². The van der Waals surface area contributed by atoms with E-state index in [1.54, 1.807) is 4.80 Å². The van der Waals surface area contributed by atoms with Gasteiger partial charge in [0.15, 0.2) is 5.82 Å². The average molecular weight is 360 g/mol. The fourth-order valence-electron chi connectivity index (χ4n) is 2.96. The van der Waals surface area contributed by atoms with Gasteiger partial charge in [-0.25, -0.2) is 0 Å². The molecule has 114 valence electrons. The van der Waals surface area contributed by atoms with Gasteiger partial charge >= 0.3 is 0 Å². The van der Waals surface area contributed by atoms with Crippen LogP contribution >= 0.6 is 15.9 Å². The number of hydrogen-bond acceptors (Lipinski definition) is 4. The van der Waals surface area contributed by atoms with E-state index in [0.717, 1.165) is 41.8 Å². The number of nitriles is 1. The molecule has 3 rings (SSSR count). The van der Waals surface area contributed by atoms with Crippen LogP contribution in [0.2, 0.25) is 0 Å². The van der Waals surface area contributed by atoms with E-state index in [0.29, 0.717) is 11.7 Å². The highest BCUT2D eigenvalue weighted by Crippen LogP contribution is 2.27. The zero-order valence-electron chi connectivity index (χ0n) is 12.5. The van der Waals surface area contributed by atoms with Gasteiger partial charge in [-0.3, -0.25) is 0 Å². The predicted molar refractivity (Wildman–Crippen MR) is 89.1 cm³/mol. The van der Waals surface area contributed by atoms with Crippen LogP contribution in [-0.4, -0.2) is 27.6 Å². The number of hydrogen-bond donors (Lipinski definition) is 0. The molecule has 5 nitrogen and oxygen atoms in total. The third-order valence-electron chi connectivity index (χ3n) is 4.13. The van der Waals surface area contributed by atoms with E-state index in [-0.39, 0.29) is 0 Å². The molecule has 0 saturated carbocycles. The van der Waals surface area contributed by atoms with Crippen LogP contribution in [0.3, 0.4) is 0 Å². The number of rotatable bonds is 3. The van der Waals surface area contributed by atoms with Crippen molar-refractivity contribution in [3.8, 4) is 11.8 Å². The maximum Gasteiger partial charge on any atom is 0.207 e. The summed E-state index contributed by atoms with van der Waals surface area (Å²) in [5, 5.41) is 18.4. The SMILES string of the molecule is CC[C@@H]1CCCCN1c1nn(-c2ccc(Br)cc2)nc1C#N. The number of piperidine rings is 1. The van der Waals surface area contributed by atoms with Crippen molar-refractivity contribution in [3.05, 3.63) is 34.4 Å². The molecule has 0 aliphatic carbocycles. The first kappa shape index (κ1) is 15.0. The molecule has 22 heavy (non-hydrogen) atoms. The molecule has 0 amide bonds. The van der Waals surface area contributed by atoms with Crippen LogP contribution in [0, 0.1) is 11.3 Å². The summed E-state index contributed by atoms with van der Waals surface area (Å²) in [5.74, 6) is 0.719. The standard InChI is InChI=1S/C16H18BrN5/c1-2-13-5-3-4-10-21(13)16-15(11-18)19-22(20-16)14-8-6-12(17)7-9-14/h6-9,13H,2-5,10H2,1H3/t13-/m1/s1. The highest BCUT2D eigenvalue weighted by Gasteiger charge is 2.26. The summed E-state index contributed by atoms with van der Waals surface area (Å²) in [4.78, 5) is 3.81. The van der Waals surface area contributed by atoms with Crippen molar-refractivity contribution in [2.24, 2.45) is 0 Å². The molecule has 0 spiro atoms. The molecule has 0 bridgehead atoms. The van der Waals surface area contributed by atoms with Crippen molar-refractivity contribution in [1.29, 1.82) is 5.26 Å². The second-order valence-electron chi connectivity index (χ2n) is 5.50. The highest BCUT2D eigenvalue weighted by atomic mass is 79.9. The Morgan fingerprint density at radius 1 is 1.27 bits per heavy atom. The highest BCUT2D eigenvalue weighted by molar-refractivity contribution is 9.10. The lowest BCUT2D eigenvalue weighted by atomic mass is 10.00. The summed E-state index contributed by atoms with van der Waals surface area (Å²) < 4.78 is 1.01. The second kappa shape index (κ2) is 6.49. The summed E-state index contributed by atoms with van der Waals surface area (Å²) in [6, 6.07) is 10.4. The van der Waals surface area contributed by atoms with Gasteiger partial charge in [0.05, 0.1) is 5.69 Å². The van der Waals surface area contributed by atoms with Crippen molar-refractivity contribution >= 4 is 21.7 Å². The molecule has 1 saturated heterocycles. The quantitative estimate of drug-likeness (QED) is 0.838. The van der Waals surface area contributed by atoms with E-state index in [2.05, 4.69) is 44.0 Å². The van der Waals surface area contributed by atoms with Gasteiger partial charge in [-0.15, -0.1) is 15.0 Å². The zero-order valence-corrected chi connectivity index (χ0v) is 14.1. The van der Waals surface area contributed by atoms with Gasteiger partial charge in [-0.2, -0.15) is 5.26 Å². The maximum absolute atomic E-state index is 9.41. The van der Waals surface area contributed by atoms with Gasteiger partial charge in [0, 0.05) is 17.1 Å². The van der Waals surface area contributed by atoms with Crippen molar-refractivity contribution in [3.63, 3.8) is 0 Å². The Balaban J connectivity index is 1.98. The lowest BCUT2D eigenvalue weighted by Gasteiger charge is -2.35. The smallest absolute Gasteiger partial charge is 0.207 e. The van der Waals surface area contributed by atoms with E-state index in [1.165, 1.54) is 6.42 Å². The number of anilines is 1. The number of halogens is 1. The largest absolute Gasteiger partial charge is 0.350 e. The molecule has 0 radical (unpaired) electrons. The van der Waals surface area contributed by atoms with Crippen LogP contribution in [0.15, 0.2) is 28.7 Å². The van der Waals surface area contributed by atoms with Crippen LogP contribution in [0.1, 0.15) is 38.3 Å². The minimum Gasteiger partial charge on any atom is -0.350 e. The Morgan fingerprint density at radius 3 is 2.73 bits per heavy atom. The molecule has 2 aromatic rings. The summed E-state index contributed by atoms with van der Waals surface area (Å²) >= 11 is 3.42. The summed E-state index contributed by atoms with van der Waals surface area (Å²) in [5.41, 5.74) is 1.26. The zero-order chi connectivity index (χ0) is 15.5. The van der Waals surface area contributed by atoms with E-state index >= 15 is 0 Å². The molecule has 1 aliphatic rings. The normalized spacial score (nSPS) is 18.2.